The molecule has 0 saturated carbocycles. The molecule has 0 bridgehead atoms. The van der Waals surface area contributed by atoms with Crippen LogP contribution in [0.4, 0.5) is 0 Å². The molecule has 3 nitrogen and oxygen atoms in total. The van der Waals surface area contributed by atoms with E-state index >= 15 is 0 Å². The maximum Gasteiger partial charge on any atom is 0.158 e. The number of nitriles is 1. The molecule has 7 heavy (non-hydrogen) atoms. The molecule has 1 atom stereocenters. The minimum Gasteiger partial charge on any atom is -0.347 e. The lowest BCUT2D eigenvalue weighted by atomic mass is 10.4. The van der Waals surface area contributed by atoms with E-state index in [-0.39, 0.29) is 6.10 Å². The molecule has 0 radical (unpaired) electrons. The first-order valence-electron chi connectivity index (χ1n) is 2.15. The largest absolute Gasteiger partial charge is 0.347 e. The minimum atomic E-state index is -0.208. The molecule has 0 aliphatic carbocycles. The summed E-state index contributed by atoms with van der Waals surface area (Å²) in [6.45, 7) is 1.20. The van der Waals surface area contributed by atoms with Gasteiger partial charge in [-0.3, -0.25) is 5.32 Å². The first-order chi connectivity index (χ1) is 3.43. The van der Waals surface area contributed by atoms with E-state index in [4.69, 9.17) is 10.00 Å². The highest BCUT2D eigenvalue weighted by Gasteiger charge is 2.11. The molecule has 0 aromatic carbocycles. The molecule has 1 saturated heterocycles. The Hall–Kier alpha value is -0.590. The molecule has 1 heterocycles. The van der Waals surface area contributed by atoms with Gasteiger partial charge in [0.1, 0.15) is 0 Å². The molecule has 0 amide bonds. The van der Waals surface area contributed by atoms with Gasteiger partial charge in [0.15, 0.2) is 6.10 Å². The molecule has 0 spiro atoms. The topological polar surface area (TPSA) is 45.0 Å². The van der Waals surface area contributed by atoms with E-state index in [0.29, 0.717) is 13.3 Å². The molecule has 1 unspecified atom stereocenters. The van der Waals surface area contributed by atoms with Gasteiger partial charge in [-0.05, 0) is 0 Å². The van der Waals surface area contributed by atoms with E-state index in [1.54, 1.807) is 0 Å². The summed E-state index contributed by atoms with van der Waals surface area (Å²) in [6, 6.07) is 1.98. The van der Waals surface area contributed by atoms with Gasteiger partial charge in [-0.2, -0.15) is 5.26 Å². The van der Waals surface area contributed by atoms with Crippen molar-refractivity contribution < 1.29 is 4.74 Å². The molecule has 1 fully saturated rings. The Bertz CT molecular complexity index is 90.4. The fourth-order valence-electron chi connectivity index (χ4n) is 0.491. The van der Waals surface area contributed by atoms with Crippen molar-refractivity contribution in [2.75, 3.05) is 13.3 Å². The second-order valence-corrected chi connectivity index (χ2v) is 1.38. The molecular weight excluding hydrogens is 92.1 g/mol. The number of nitrogens with zero attached hydrogens (tertiary/aromatic N) is 1. The van der Waals surface area contributed by atoms with Crippen LogP contribution >= 0.6 is 0 Å². The van der Waals surface area contributed by atoms with E-state index in [2.05, 4.69) is 5.32 Å². The van der Waals surface area contributed by atoms with Gasteiger partial charge in [-0.15, -0.1) is 0 Å². The van der Waals surface area contributed by atoms with Crippen LogP contribution in [0.25, 0.3) is 0 Å². The third kappa shape index (κ3) is 0.889. The lowest BCUT2D eigenvalue weighted by Crippen LogP contribution is -2.10. The zero-order chi connectivity index (χ0) is 5.11. The zero-order valence-electron chi connectivity index (χ0n) is 3.85. The fourth-order valence-corrected chi connectivity index (χ4v) is 0.491. The van der Waals surface area contributed by atoms with Gasteiger partial charge in [-0.25, -0.2) is 0 Å². The van der Waals surface area contributed by atoms with Gasteiger partial charge in [-0.1, -0.05) is 0 Å². The number of hydrogen-bond acceptors (Lipinski definition) is 3. The van der Waals surface area contributed by atoms with Crippen molar-refractivity contribution in [3.8, 4) is 6.07 Å². The van der Waals surface area contributed by atoms with E-state index in [1.807, 2.05) is 6.07 Å². The lowest BCUT2D eigenvalue weighted by Gasteiger charge is -1.89. The molecule has 1 N–H and O–H groups in total. The molecule has 1 rings (SSSR count). The monoisotopic (exact) mass is 98.0 g/mol. The second-order valence-electron chi connectivity index (χ2n) is 1.38. The van der Waals surface area contributed by atoms with Gasteiger partial charge in [0.25, 0.3) is 0 Å². The fraction of sp³-hybridized carbons (Fsp3) is 0.750. The van der Waals surface area contributed by atoms with Gasteiger partial charge in [0, 0.05) is 6.54 Å². The average molecular weight is 98.1 g/mol. The molecule has 0 aromatic heterocycles. The normalized spacial score (nSPS) is 29.9. The minimum absolute atomic E-state index is 0.208. The van der Waals surface area contributed by atoms with Crippen molar-refractivity contribution in [1.82, 2.24) is 5.32 Å². The van der Waals surface area contributed by atoms with E-state index in [9.17, 15) is 0 Å². The van der Waals surface area contributed by atoms with Crippen molar-refractivity contribution in [1.29, 1.82) is 5.26 Å². The van der Waals surface area contributed by atoms with Crippen LogP contribution in [0.3, 0.4) is 0 Å². The van der Waals surface area contributed by atoms with Crippen molar-refractivity contribution in [2.24, 2.45) is 0 Å². The molecule has 1 aliphatic heterocycles. The predicted octanol–water partition coefficient (Wildman–Crippen LogP) is -0.544. The van der Waals surface area contributed by atoms with Crippen LogP contribution in [0, 0.1) is 11.3 Å². The predicted molar refractivity (Wildman–Crippen MR) is 23.4 cm³/mol. The van der Waals surface area contributed by atoms with Crippen LogP contribution in [0.1, 0.15) is 0 Å². The van der Waals surface area contributed by atoms with Crippen molar-refractivity contribution in [2.45, 2.75) is 6.10 Å². The highest BCUT2D eigenvalue weighted by Crippen LogP contribution is 1.91. The highest BCUT2D eigenvalue weighted by atomic mass is 16.5. The Kier molecular flexibility index (Phi) is 1.25. The number of nitrogens with one attached hydrogen (secondary N) is 1. The number of ether oxygens (including phenoxy) is 1. The van der Waals surface area contributed by atoms with E-state index in [0.717, 1.165) is 0 Å². The second kappa shape index (κ2) is 1.92. The molecule has 1 aliphatic rings. The van der Waals surface area contributed by atoms with Gasteiger partial charge in [0.2, 0.25) is 0 Å². The maximum absolute atomic E-state index is 8.15. The standard InChI is InChI=1S/C4H6N2O/c5-1-4-2-6-3-7-4/h4,6H,2-3H2. The van der Waals surface area contributed by atoms with Crippen LogP contribution in [0.5, 0.6) is 0 Å². The van der Waals surface area contributed by atoms with Crippen LogP contribution in [0.2, 0.25) is 0 Å². The summed E-state index contributed by atoms with van der Waals surface area (Å²) < 4.78 is 4.83. The summed E-state index contributed by atoms with van der Waals surface area (Å²) >= 11 is 0. The summed E-state index contributed by atoms with van der Waals surface area (Å²) in [6.07, 6.45) is -0.208. The quantitative estimate of drug-likeness (QED) is 0.442. The maximum atomic E-state index is 8.15. The van der Waals surface area contributed by atoms with Gasteiger partial charge < -0.3 is 4.74 Å². The number of hydrogen-bond donors (Lipinski definition) is 1. The molecule has 3 heteroatoms. The Morgan fingerprint density at radius 3 is 3.00 bits per heavy atom. The van der Waals surface area contributed by atoms with Crippen molar-refractivity contribution >= 4 is 0 Å². The zero-order valence-corrected chi connectivity index (χ0v) is 3.85. The molecule has 38 valence electrons. The molecule has 0 aromatic rings. The smallest absolute Gasteiger partial charge is 0.158 e. The Labute approximate surface area is 41.9 Å². The summed E-state index contributed by atoms with van der Waals surface area (Å²) in [5.41, 5.74) is 0. The third-order valence-electron chi connectivity index (χ3n) is 0.860. The van der Waals surface area contributed by atoms with Crippen LogP contribution < -0.4 is 5.32 Å². The number of rotatable bonds is 0. The Morgan fingerprint density at radius 1 is 1.86 bits per heavy atom. The first kappa shape index (κ1) is 4.57. The van der Waals surface area contributed by atoms with Crippen molar-refractivity contribution in [3.63, 3.8) is 0 Å². The van der Waals surface area contributed by atoms with Crippen LogP contribution in [-0.2, 0) is 4.74 Å². The Balaban J connectivity index is 2.31. The summed E-state index contributed by atoms with van der Waals surface area (Å²) in [5, 5.41) is 11.0. The van der Waals surface area contributed by atoms with Gasteiger partial charge >= 0.3 is 0 Å². The SMILES string of the molecule is N#CC1CNCO1. The average Bonchev–Trinajstić information content (AvgIpc) is 2.14. The van der Waals surface area contributed by atoms with Crippen LogP contribution in [-0.4, -0.2) is 19.4 Å². The van der Waals surface area contributed by atoms with Crippen molar-refractivity contribution in [3.05, 3.63) is 0 Å². The highest BCUT2D eigenvalue weighted by molar-refractivity contribution is 4.87. The lowest BCUT2D eigenvalue weighted by molar-refractivity contribution is 0.150. The van der Waals surface area contributed by atoms with Crippen LogP contribution in [0.15, 0.2) is 0 Å². The third-order valence-corrected chi connectivity index (χ3v) is 0.860. The van der Waals surface area contributed by atoms with E-state index in [1.165, 1.54) is 0 Å². The molecular formula is C4H6N2O. The summed E-state index contributed by atoms with van der Waals surface area (Å²) in [4.78, 5) is 0. The van der Waals surface area contributed by atoms with Gasteiger partial charge in [0.05, 0.1) is 12.8 Å². The summed E-state index contributed by atoms with van der Waals surface area (Å²) in [5.74, 6) is 0. The summed E-state index contributed by atoms with van der Waals surface area (Å²) in [7, 11) is 0. The Morgan fingerprint density at radius 2 is 2.71 bits per heavy atom. The van der Waals surface area contributed by atoms with E-state index < -0.39 is 0 Å². The first-order valence-corrected chi connectivity index (χ1v) is 2.15.